The van der Waals surface area contributed by atoms with E-state index in [-0.39, 0.29) is 23.8 Å². The average Bonchev–Trinajstić information content (AvgIpc) is 2.68. The van der Waals surface area contributed by atoms with Crippen LogP contribution in [0.3, 0.4) is 0 Å². The maximum absolute atomic E-state index is 12.2. The van der Waals surface area contributed by atoms with Crippen LogP contribution < -0.4 is 10.1 Å². The van der Waals surface area contributed by atoms with Gasteiger partial charge in [-0.25, -0.2) is 0 Å². The van der Waals surface area contributed by atoms with E-state index >= 15 is 0 Å². The fourth-order valence-corrected chi connectivity index (χ4v) is 2.41. The fourth-order valence-electron chi connectivity index (χ4n) is 2.41. The minimum Gasteiger partial charge on any atom is -0.406 e. The second kappa shape index (κ2) is 6.94. The van der Waals surface area contributed by atoms with Crippen LogP contribution >= 0.6 is 0 Å². The Morgan fingerprint density at radius 1 is 1.33 bits per heavy atom. The van der Waals surface area contributed by atoms with E-state index in [1.807, 2.05) is 20.9 Å². The molecule has 130 valence electrons. The molecule has 0 saturated carbocycles. The summed E-state index contributed by atoms with van der Waals surface area (Å²) in [5.41, 5.74) is 3.10. The topological polar surface area (TPSA) is 56.2 Å². The van der Waals surface area contributed by atoms with Crippen molar-refractivity contribution in [3.63, 3.8) is 0 Å². The highest BCUT2D eigenvalue weighted by Crippen LogP contribution is 2.25. The number of aromatic nitrogens is 2. The summed E-state index contributed by atoms with van der Waals surface area (Å²) in [6.45, 7) is 3.80. The summed E-state index contributed by atoms with van der Waals surface area (Å²) in [5.74, 6) is -0.666. The Morgan fingerprint density at radius 3 is 2.62 bits per heavy atom. The number of aryl methyl sites for hydroxylation is 2. The lowest BCUT2D eigenvalue weighted by atomic mass is 10.1. The Bertz CT molecular complexity index is 739. The van der Waals surface area contributed by atoms with Crippen LogP contribution in [0.25, 0.3) is 0 Å². The number of halogens is 3. The highest BCUT2D eigenvalue weighted by molar-refractivity contribution is 5.91. The Labute approximate surface area is 137 Å². The van der Waals surface area contributed by atoms with Crippen molar-refractivity contribution < 1.29 is 22.7 Å². The summed E-state index contributed by atoms with van der Waals surface area (Å²) in [6.07, 6.45) is -4.05. The lowest BCUT2D eigenvalue weighted by Crippen LogP contribution is -2.17. The first-order valence-corrected chi connectivity index (χ1v) is 7.30. The largest absolute Gasteiger partial charge is 0.573 e. The van der Waals surface area contributed by atoms with Crippen molar-refractivity contribution in [2.75, 3.05) is 5.32 Å². The Morgan fingerprint density at radius 2 is 2.04 bits per heavy atom. The van der Waals surface area contributed by atoms with Crippen molar-refractivity contribution >= 4 is 11.6 Å². The molecule has 1 N–H and O–H groups in total. The van der Waals surface area contributed by atoms with Gasteiger partial charge in [-0.15, -0.1) is 13.2 Å². The minimum atomic E-state index is -4.77. The third-order valence-corrected chi connectivity index (χ3v) is 3.61. The monoisotopic (exact) mass is 341 g/mol. The summed E-state index contributed by atoms with van der Waals surface area (Å²) in [4.78, 5) is 12.0. The average molecular weight is 341 g/mol. The molecule has 1 aromatic heterocycles. The van der Waals surface area contributed by atoms with E-state index in [0.717, 1.165) is 23.0 Å². The number of rotatable bonds is 5. The zero-order chi connectivity index (χ0) is 17.9. The summed E-state index contributed by atoms with van der Waals surface area (Å²) in [5, 5.41) is 6.85. The SMILES string of the molecule is Cc1nn(C)c(C)c1CCC(=O)Nc1cccc(OC(F)(F)F)c1. The molecule has 0 aliphatic carbocycles. The van der Waals surface area contributed by atoms with Crippen LogP contribution in [0, 0.1) is 13.8 Å². The third kappa shape index (κ3) is 4.74. The second-order valence-corrected chi connectivity index (χ2v) is 5.40. The summed E-state index contributed by atoms with van der Waals surface area (Å²) in [6, 6.07) is 5.19. The number of nitrogens with zero attached hydrogens (tertiary/aromatic N) is 2. The van der Waals surface area contributed by atoms with E-state index in [9.17, 15) is 18.0 Å². The molecule has 8 heteroatoms. The van der Waals surface area contributed by atoms with E-state index in [2.05, 4.69) is 15.2 Å². The number of carbonyl (C=O) groups is 1. The van der Waals surface area contributed by atoms with Crippen LogP contribution in [0.15, 0.2) is 24.3 Å². The molecule has 5 nitrogen and oxygen atoms in total. The molecule has 1 amide bonds. The van der Waals surface area contributed by atoms with Gasteiger partial charge in [0.2, 0.25) is 5.91 Å². The number of amides is 1. The number of nitrogens with one attached hydrogen (secondary N) is 1. The molecule has 0 spiro atoms. The smallest absolute Gasteiger partial charge is 0.406 e. The zero-order valence-corrected chi connectivity index (χ0v) is 13.6. The number of carbonyl (C=O) groups excluding carboxylic acids is 1. The third-order valence-electron chi connectivity index (χ3n) is 3.61. The molecule has 2 rings (SSSR count). The molecule has 1 heterocycles. The molecule has 2 aromatic rings. The molecule has 0 atom stereocenters. The number of hydrogen-bond donors (Lipinski definition) is 1. The first-order valence-electron chi connectivity index (χ1n) is 7.30. The van der Waals surface area contributed by atoms with Crippen LogP contribution in [0.5, 0.6) is 5.75 Å². The van der Waals surface area contributed by atoms with Crippen molar-refractivity contribution in [1.82, 2.24) is 9.78 Å². The second-order valence-electron chi connectivity index (χ2n) is 5.40. The fraction of sp³-hybridized carbons (Fsp3) is 0.375. The maximum atomic E-state index is 12.2. The molecule has 0 fully saturated rings. The number of hydrogen-bond acceptors (Lipinski definition) is 3. The van der Waals surface area contributed by atoms with Gasteiger partial charge in [-0.3, -0.25) is 9.48 Å². The van der Waals surface area contributed by atoms with Gasteiger partial charge in [-0.05, 0) is 38.0 Å². The Hall–Kier alpha value is -2.51. The van der Waals surface area contributed by atoms with Crippen LogP contribution in [-0.2, 0) is 18.3 Å². The summed E-state index contributed by atoms with van der Waals surface area (Å²) >= 11 is 0. The van der Waals surface area contributed by atoms with Crippen molar-refractivity contribution in [3.05, 3.63) is 41.2 Å². The lowest BCUT2D eigenvalue weighted by Gasteiger charge is -2.10. The van der Waals surface area contributed by atoms with E-state index in [1.54, 1.807) is 4.68 Å². The predicted octanol–water partition coefficient (Wildman–Crippen LogP) is 3.51. The predicted molar refractivity (Wildman–Crippen MR) is 82.8 cm³/mol. The van der Waals surface area contributed by atoms with Gasteiger partial charge in [-0.2, -0.15) is 5.10 Å². The summed E-state index contributed by atoms with van der Waals surface area (Å²) < 4.78 is 42.2. The van der Waals surface area contributed by atoms with Crippen LogP contribution in [0.1, 0.15) is 23.4 Å². The van der Waals surface area contributed by atoms with Gasteiger partial charge in [-0.1, -0.05) is 6.07 Å². The van der Waals surface area contributed by atoms with Gasteiger partial charge in [0.1, 0.15) is 5.75 Å². The van der Waals surface area contributed by atoms with Gasteiger partial charge < -0.3 is 10.1 Å². The van der Waals surface area contributed by atoms with Crippen molar-refractivity contribution in [2.24, 2.45) is 7.05 Å². The molecule has 1 aromatic carbocycles. The van der Waals surface area contributed by atoms with Crippen LogP contribution in [0.2, 0.25) is 0 Å². The minimum absolute atomic E-state index is 0.206. The van der Waals surface area contributed by atoms with Crippen LogP contribution in [-0.4, -0.2) is 22.1 Å². The van der Waals surface area contributed by atoms with Crippen LogP contribution in [0.4, 0.5) is 18.9 Å². The van der Waals surface area contributed by atoms with Gasteiger partial charge >= 0.3 is 6.36 Å². The molecule has 0 saturated heterocycles. The normalized spacial score (nSPS) is 11.4. The molecule has 0 aliphatic rings. The van der Waals surface area contributed by atoms with Gasteiger partial charge in [0.05, 0.1) is 5.69 Å². The standard InChI is InChI=1S/C16H18F3N3O2/c1-10-14(11(2)22(3)21-10)7-8-15(23)20-12-5-4-6-13(9-12)24-16(17,18)19/h4-6,9H,7-8H2,1-3H3,(H,20,23). The van der Waals surface area contributed by atoms with Gasteiger partial charge in [0.25, 0.3) is 0 Å². The number of benzene rings is 1. The number of ether oxygens (including phenoxy) is 1. The van der Waals surface area contributed by atoms with Crippen molar-refractivity contribution in [1.29, 1.82) is 0 Å². The molecule has 24 heavy (non-hydrogen) atoms. The van der Waals surface area contributed by atoms with Crippen molar-refractivity contribution in [3.8, 4) is 5.75 Å². The molecular formula is C16H18F3N3O2. The Kier molecular flexibility index (Phi) is 5.16. The van der Waals surface area contributed by atoms with E-state index in [4.69, 9.17) is 0 Å². The van der Waals surface area contributed by atoms with Gasteiger partial charge in [0, 0.05) is 30.9 Å². The number of alkyl halides is 3. The maximum Gasteiger partial charge on any atom is 0.573 e. The molecule has 0 aliphatic heterocycles. The molecule has 0 bridgehead atoms. The van der Waals surface area contributed by atoms with Crippen molar-refractivity contribution in [2.45, 2.75) is 33.1 Å². The molecule has 0 unspecified atom stereocenters. The quantitative estimate of drug-likeness (QED) is 0.905. The van der Waals surface area contributed by atoms with Gasteiger partial charge in [0.15, 0.2) is 0 Å². The van der Waals surface area contributed by atoms with E-state index < -0.39 is 6.36 Å². The number of anilines is 1. The first kappa shape index (κ1) is 17.8. The molecule has 0 radical (unpaired) electrons. The van der Waals surface area contributed by atoms with E-state index in [1.165, 1.54) is 18.2 Å². The summed E-state index contributed by atoms with van der Waals surface area (Å²) in [7, 11) is 1.83. The first-order chi connectivity index (χ1) is 11.2. The Balaban J connectivity index is 1.96. The zero-order valence-electron chi connectivity index (χ0n) is 13.6. The highest BCUT2D eigenvalue weighted by atomic mass is 19.4. The lowest BCUT2D eigenvalue weighted by molar-refractivity contribution is -0.274. The van der Waals surface area contributed by atoms with E-state index in [0.29, 0.717) is 6.42 Å². The molecular weight excluding hydrogens is 323 g/mol. The highest BCUT2D eigenvalue weighted by Gasteiger charge is 2.31.